The molecular weight excluding hydrogens is 258 g/mol. The largest absolute Gasteiger partial charge is 0.508 e. The third-order valence-electron chi connectivity index (χ3n) is 1.55. The molecule has 0 saturated carbocycles. The summed E-state index contributed by atoms with van der Waals surface area (Å²) >= 11 is 0. The van der Waals surface area contributed by atoms with E-state index >= 15 is 0 Å². The van der Waals surface area contributed by atoms with E-state index in [1.54, 1.807) is 0 Å². The summed E-state index contributed by atoms with van der Waals surface area (Å²) in [6, 6.07) is 1.10. The van der Waals surface area contributed by atoms with Gasteiger partial charge < -0.3 is 5.11 Å². The van der Waals surface area contributed by atoms with Gasteiger partial charge in [0, 0.05) is 12.1 Å². The molecule has 0 aromatic heterocycles. The van der Waals surface area contributed by atoms with Gasteiger partial charge in [-0.05, 0) is 0 Å². The van der Waals surface area contributed by atoms with E-state index in [2.05, 4.69) is 9.68 Å². The van der Waals surface area contributed by atoms with Gasteiger partial charge in [-0.3, -0.25) is 19.8 Å². The van der Waals surface area contributed by atoms with Crippen LogP contribution in [0.25, 0.3) is 0 Å². The molecule has 0 unspecified atom stereocenters. The second-order valence-corrected chi connectivity index (χ2v) is 2.68. The Labute approximate surface area is 96.3 Å². The van der Waals surface area contributed by atoms with Gasteiger partial charge in [0.05, 0.1) is 4.92 Å². The Bertz CT molecular complexity index is 490. The van der Waals surface area contributed by atoms with Gasteiger partial charge in [-0.25, -0.2) is 0 Å². The van der Waals surface area contributed by atoms with Crippen LogP contribution in [0.2, 0.25) is 0 Å². The molecule has 0 radical (unpaired) electrons. The maximum Gasteiger partial charge on any atom is 0.329 e. The summed E-state index contributed by atoms with van der Waals surface area (Å²) in [7, 11) is 0. The standard InChI is InChI=1S/C6H3N3O9/c10-3-1-4(17-8(13)14)6(7(11)12)5(2-3)18-9(15)16/h1-2,10H. The van der Waals surface area contributed by atoms with E-state index in [1.165, 1.54) is 0 Å². The quantitative estimate of drug-likeness (QED) is 0.583. The van der Waals surface area contributed by atoms with E-state index in [9.17, 15) is 30.3 Å². The number of benzene rings is 1. The van der Waals surface area contributed by atoms with Crippen molar-refractivity contribution in [2.24, 2.45) is 0 Å². The Balaban J connectivity index is 3.40. The van der Waals surface area contributed by atoms with Crippen LogP contribution in [0.3, 0.4) is 0 Å². The number of phenolic OH excluding ortho intramolecular Hbond substituents is 1. The van der Waals surface area contributed by atoms with Crippen LogP contribution in [-0.2, 0) is 0 Å². The lowest BCUT2D eigenvalue weighted by Crippen LogP contribution is -2.09. The molecule has 0 aliphatic heterocycles. The highest BCUT2D eigenvalue weighted by Crippen LogP contribution is 2.40. The second-order valence-electron chi connectivity index (χ2n) is 2.68. The Morgan fingerprint density at radius 3 is 1.61 bits per heavy atom. The molecule has 0 bridgehead atoms. The first kappa shape index (κ1) is 12.9. The fourth-order valence-corrected chi connectivity index (χ4v) is 1.05. The van der Waals surface area contributed by atoms with E-state index in [1.807, 2.05) is 0 Å². The lowest BCUT2D eigenvalue weighted by Gasteiger charge is -2.05. The van der Waals surface area contributed by atoms with Gasteiger partial charge in [0.15, 0.2) is 0 Å². The van der Waals surface area contributed by atoms with Gasteiger partial charge in [0.2, 0.25) is 11.5 Å². The lowest BCUT2D eigenvalue weighted by molar-refractivity contribution is -0.715. The monoisotopic (exact) mass is 261 g/mol. The van der Waals surface area contributed by atoms with Crippen LogP contribution in [0.15, 0.2) is 12.1 Å². The van der Waals surface area contributed by atoms with Crippen LogP contribution in [0.5, 0.6) is 17.2 Å². The highest BCUT2D eigenvalue weighted by Gasteiger charge is 2.26. The highest BCUT2D eigenvalue weighted by molar-refractivity contribution is 5.60. The molecule has 18 heavy (non-hydrogen) atoms. The van der Waals surface area contributed by atoms with E-state index in [0.717, 1.165) is 0 Å². The summed E-state index contributed by atoms with van der Waals surface area (Å²) in [5, 5.41) is 37.2. The predicted molar refractivity (Wildman–Crippen MR) is 50.0 cm³/mol. The Hall–Kier alpha value is -3.18. The molecule has 0 atom stereocenters. The average molecular weight is 261 g/mol. The van der Waals surface area contributed by atoms with Crippen molar-refractivity contribution in [3.05, 3.63) is 42.5 Å². The minimum atomic E-state index is -1.38. The molecule has 96 valence electrons. The summed E-state index contributed by atoms with van der Waals surface area (Å²) in [5.74, 6) is -2.74. The third kappa shape index (κ3) is 2.91. The topological polar surface area (TPSA) is 168 Å². The number of aromatic hydroxyl groups is 1. The molecule has 0 amide bonds. The molecule has 0 heterocycles. The first-order valence-electron chi connectivity index (χ1n) is 3.97. The molecule has 12 nitrogen and oxygen atoms in total. The lowest BCUT2D eigenvalue weighted by atomic mass is 10.2. The first-order valence-corrected chi connectivity index (χ1v) is 3.97. The number of nitro benzene ring substituents is 1. The van der Waals surface area contributed by atoms with Crippen LogP contribution >= 0.6 is 0 Å². The van der Waals surface area contributed by atoms with Crippen LogP contribution in [0, 0.1) is 30.3 Å². The first-order chi connectivity index (χ1) is 8.31. The van der Waals surface area contributed by atoms with Crippen molar-refractivity contribution in [3.8, 4) is 17.2 Å². The number of nitro groups is 1. The number of phenols is 1. The van der Waals surface area contributed by atoms with Crippen molar-refractivity contribution in [2.75, 3.05) is 0 Å². The molecule has 0 spiro atoms. The van der Waals surface area contributed by atoms with Crippen molar-refractivity contribution in [3.63, 3.8) is 0 Å². The molecular formula is C6H3N3O9. The number of rotatable bonds is 5. The SMILES string of the molecule is O=[N+]([O-])Oc1cc(O)cc(O[N+](=O)[O-])c1[N+](=O)[O-]. The van der Waals surface area contributed by atoms with Crippen molar-refractivity contribution < 1.29 is 29.9 Å². The Kier molecular flexibility index (Phi) is 3.42. The molecule has 0 fully saturated rings. The van der Waals surface area contributed by atoms with Crippen molar-refractivity contribution in [1.82, 2.24) is 0 Å². The van der Waals surface area contributed by atoms with Gasteiger partial charge >= 0.3 is 5.69 Å². The van der Waals surface area contributed by atoms with Crippen LogP contribution < -0.4 is 9.68 Å². The summed E-state index contributed by atoms with van der Waals surface area (Å²) in [6.07, 6.45) is 0. The van der Waals surface area contributed by atoms with Gasteiger partial charge in [-0.1, -0.05) is 0 Å². The Morgan fingerprint density at radius 2 is 1.33 bits per heavy atom. The fraction of sp³-hybridized carbons (Fsp3) is 0. The van der Waals surface area contributed by atoms with E-state index in [-0.39, 0.29) is 0 Å². The minimum absolute atomic E-state index is 0.549. The summed E-state index contributed by atoms with van der Waals surface area (Å²) < 4.78 is 0. The number of hydrogen-bond donors (Lipinski definition) is 1. The maximum absolute atomic E-state index is 10.6. The zero-order valence-corrected chi connectivity index (χ0v) is 8.21. The zero-order valence-electron chi connectivity index (χ0n) is 8.21. The smallest absolute Gasteiger partial charge is 0.329 e. The highest BCUT2D eigenvalue weighted by atomic mass is 17.0. The van der Waals surface area contributed by atoms with Gasteiger partial charge in [0.25, 0.3) is 10.2 Å². The molecule has 1 aromatic rings. The Morgan fingerprint density at radius 1 is 0.944 bits per heavy atom. The molecule has 1 rings (SSSR count). The van der Waals surface area contributed by atoms with Crippen molar-refractivity contribution >= 4 is 5.69 Å². The van der Waals surface area contributed by atoms with Crippen LogP contribution in [-0.4, -0.2) is 20.2 Å². The molecule has 0 aliphatic rings. The van der Waals surface area contributed by atoms with Crippen molar-refractivity contribution in [2.45, 2.75) is 0 Å². The van der Waals surface area contributed by atoms with E-state index < -0.39 is 38.0 Å². The molecule has 12 heteroatoms. The minimum Gasteiger partial charge on any atom is -0.508 e. The number of hydrogen-bond acceptors (Lipinski definition) is 9. The van der Waals surface area contributed by atoms with Gasteiger partial charge in [-0.15, -0.1) is 20.2 Å². The van der Waals surface area contributed by atoms with Crippen molar-refractivity contribution in [1.29, 1.82) is 0 Å². The number of nitrogens with zero attached hydrogens (tertiary/aromatic N) is 3. The summed E-state index contributed by atoms with van der Waals surface area (Å²) in [5.41, 5.74) is -1.15. The van der Waals surface area contributed by atoms with E-state index in [4.69, 9.17) is 5.11 Å². The van der Waals surface area contributed by atoms with Crippen LogP contribution in [0.1, 0.15) is 0 Å². The van der Waals surface area contributed by atoms with Crippen LogP contribution in [0.4, 0.5) is 5.69 Å². The normalized spacial score (nSPS) is 9.56. The average Bonchev–Trinajstić information content (AvgIpc) is 2.12. The second kappa shape index (κ2) is 4.77. The molecule has 0 saturated heterocycles. The summed E-state index contributed by atoms with van der Waals surface area (Å²) in [4.78, 5) is 37.3. The fourth-order valence-electron chi connectivity index (χ4n) is 1.05. The zero-order chi connectivity index (χ0) is 13.9. The molecule has 1 N–H and O–H groups in total. The van der Waals surface area contributed by atoms with E-state index in [0.29, 0.717) is 12.1 Å². The molecule has 0 aliphatic carbocycles. The molecule has 1 aromatic carbocycles. The maximum atomic E-state index is 10.6. The predicted octanol–water partition coefficient (Wildman–Crippen LogP) is 0.441. The van der Waals surface area contributed by atoms with Gasteiger partial charge in [0.1, 0.15) is 5.75 Å². The summed E-state index contributed by atoms with van der Waals surface area (Å²) in [6.45, 7) is 0. The third-order valence-corrected chi connectivity index (χ3v) is 1.55. The van der Waals surface area contributed by atoms with Gasteiger partial charge in [-0.2, -0.15) is 0 Å².